The first-order valence-electron chi connectivity index (χ1n) is 5.53. The molecule has 2 nitrogen and oxygen atoms in total. The first-order valence-corrected chi connectivity index (χ1v) is 5.91. The highest BCUT2D eigenvalue weighted by molar-refractivity contribution is 6.31. The minimum atomic E-state index is 0.0645. The van der Waals surface area contributed by atoms with Crippen molar-refractivity contribution < 1.29 is 4.79 Å². The van der Waals surface area contributed by atoms with Crippen molar-refractivity contribution in [2.75, 3.05) is 0 Å². The summed E-state index contributed by atoms with van der Waals surface area (Å²) in [6, 6.07) is 5.64. The van der Waals surface area contributed by atoms with Crippen LogP contribution in [0.15, 0.2) is 37.1 Å². The molecule has 0 saturated carbocycles. The Hall–Kier alpha value is -1.54. The van der Waals surface area contributed by atoms with Crippen LogP contribution >= 0.6 is 11.6 Å². The molecule has 0 aliphatic heterocycles. The smallest absolute Gasteiger partial charge is 0.161 e. The summed E-state index contributed by atoms with van der Waals surface area (Å²) in [6.07, 6.45) is 4.64. The number of hydrogen-bond donors (Lipinski definition) is 0. The van der Waals surface area contributed by atoms with Crippen molar-refractivity contribution in [1.29, 1.82) is 0 Å². The molecule has 1 heterocycles. The molecule has 0 saturated heterocycles. The number of hydrogen-bond acceptors (Lipinski definition) is 1. The van der Waals surface area contributed by atoms with Crippen LogP contribution in [0.3, 0.4) is 0 Å². The summed E-state index contributed by atoms with van der Waals surface area (Å²) in [4.78, 5) is 11.6. The Morgan fingerprint density at radius 3 is 2.94 bits per heavy atom. The number of nitrogens with zero attached hydrogens (tertiary/aromatic N) is 1. The lowest BCUT2D eigenvalue weighted by Crippen LogP contribution is -1.94. The molecule has 0 spiro atoms. The molecule has 0 aliphatic carbocycles. The van der Waals surface area contributed by atoms with Crippen molar-refractivity contribution in [1.82, 2.24) is 4.57 Å². The first kappa shape index (κ1) is 11.9. The summed E-state index contributed by atoms with van der Waals surface area (Å²) in [7, 11) is 0. The van der Waals surface area contributed by atoms with Crippen molar-refractivity contribution in [3.63, 3.8) is 0 Å². The van der Waals surface area contributed by atoms with E-state index in [9.17, 15) is 4.79 Å². The largest absolute Gasteiger partial charge is 0.346 e. The zero-order chi connectivity index (χ0) is 12.4. The lowest BCUT2D eigenvalue weighted by Gasteiger charge is -2.02. The molecule has 0 fully saturated rings. The third-order valence-corrected chi connectivity index (χ3v) is 3.03. The van der Waals surface area contributed by atoms with E-state index in [-0.39, 0.29) is 5.78 Å². The number of allylic oxidation sites excluding steroid dienone is 1. The molecular weight excluding hydrogens is 234 g/mol. The number of ketones is 1. The maximum absolute atomic E-state index is 11.6. The van der Waals surface area contributed by atoms with Gasteiger partial charge in [0.2, 0.25) is 0 Å². The lowest BCUT2D eigenvalue weighted by atomic mass is 10.1. The van der Waals surface area contributed by atoms with Crippen LogP contribution in [0, 0.1) is 0 Å². The molecule has 0 bridgehead atoms. The van der Waals surface area contributed by atoms with E-state index in [1.54, 1.807) is 6.92 Å². The van der Waals surface area contributed by atoms with Crippen LogP contribution in [-0.2, 0) is 6.54 Å². The fourth-order valence-corrected chi connectivity index (χ4v) is 2.14. The van der Waals surface area contributed by atoms with E-state index in [2.05, 4.69) is 11.1 Å². The molecule has 88 valence electrons. The van der Waals surface area contributed by atoms with Crippen LogP contribution < -0.4 is 0 Å². The van der Waals surface area contributed by atoms with Gasteiger partial charge in [-0.2, -0.15) is 0 Å². The maximum atomic E-state index is 11.6. The molecule has 0 radical (unpaired) electrons. The molecule has 0 N–H and O–H groups in total. The normalized spacial score (nSPS) is 10.7. The van der Waals surface area contributed by atoms with Gasteiger partial charge in [-0.3, -0.25) is 4.79 Å². The summed E-state index contributed by atoms with van der Waals surface area (Å²) < 4.78 is 2.07. The van der Waals surface area contributed by atoms with Gasteiger partial charge in [0.05, 0.1) is 0 Å². The Bertz CT molecular complexity index is 583. The van der Waals surface area contributed by atoms with E-state index < -0.39 is 0 Å². The fourth-order valence-electron chi connectivity index (χ4n) is 1.97. The van der Waals surface area contributed by atoms with E-state index in [0.717, 1.165) is 29.4 Å². The molecule has 3 heteroatoms. The number of carbonyl (C=O) groups excluding carboxylic acids is 1. The standard InChI is InChI=1S/C14H14ClNO/c1-3-4-7-16-9-13(10(2)17)12-8-11(15)5-6-14(12)16/h3,5-6,8-9H,1,4,7H2,2H3. The van der Waals surface area contributed by atoms with Gasteiger partial charge < -0.3 is 4.57 Å². The molecule has 2 aromatic rings. The Kier molecular flexibility index (Phi) is 3.34. The zero-order valence-corrected chi connectivity index (χ0v) is 10.5. The second-order valence-corrected chi connectivity index (χ2v) is 4.47. The van der Waals surface area contributed by atoms with Gasteiger partial charge in [0.25, 0.3) is 0 Å². The second-order valence-electron chi connectivity index (χ2n) is 4.03. The predicted octanol–water partition coefficient (Wildman–Crippen LogP) is 4.07. The molecule has 0 unspecified atom stereocenters. The quantitative estimate of drug-likeness (QED) is 0.590. The number of Topliss-reactive ketones (excluding diaryl/α,β-unsaturated/α-hetero) is 1. The van der Waals surface area contributed by atoms with Crippen LogP contribution in [0.4, 0.5) is 0 Å². The van der Waals surface area contributed by atoms with Crippen molar-refractivity contribution in [2.24, 2.45) is 0 Å². The van der Waals surface area contributed by atoms with Gasteiger partial charge in [-0.15, -0.1) is 6.58 Å². The summed E-state index contributed by atoms with van der Waals surface area (Å²) in [5, 5.41) is 1.58. The Balaban J connectivity index is 2.61. The van der Waals surface area contributed by atoms with Crippen LogP contribution in [0.5, 0.6) is 0 Å². The second kappa shape index (κ2) is 4.76. The Labute approximate surface area is 105 Å². The van der Waals surface area contributed by atoms with Gasteiger partial charge in [-0.1, -0.05) is 17.7 Å². The van der Waals surface area contributed by atoms with Gasteiger partial charge in [0.1, 0.15) is 0 Å². The van der Waals surface area contributed by atoms with E-state index in [4.69, 9.17) is 11.6 Å². The third-order valence-electron chi connectivity index (χ3n) is 2.80. The average Bonchev–Trinajstić information content (AvgIpc) is 2.64. The molecule has 0 atom stereocenters. The summed E-state index contributed by atoms with van der Waals surface area (Å²) in [5.41, 5.74) is 1.77. The van der Waals surface area contributed by atoms with Gasteiger partial charge in [0.15, 0.2) is 5.78 Å². The van der Waals surface area contributed by atoms with E-state index in [0.29, 0.717) is 5.02 Å². The minimum Gasteiger partial charge on any atom is -0.346 e. The number of aromatic nitrogens is 1. The molecule has 0 amide bonds. The van der Waals surface area contributed by atoms with E-state index >= 15 is 0 Å². The van der Waals surface area contributed by atoms with Crippen molar-refractivity contribution >= 4 is 28.3 Å². The maximum Gasteiger partial charge on any atom is 0.161 e. The average molecular weight is 248 g/mol. The summed E-state index contributed by atoms with van der Waals surface area (Å²) in [6.45, 7) is 6.12. The van der Waals surface area contributed by atoms with Crippen LogP contribution in [-0.4, -0.2) is 10.4 Å². The van der Waals surface area contributed by atoms with Crippen molar-refractivity contribution in [3.05, 3.63) is 47.6 Å². The van der Waals surface area contributed by atoms with Crippen molar-refractivity contribution in [2.45, 2.75) is 19.9 Å². The summed E-state index contributed by atoms with van der Waals surface area (Å²) in [5.74, 6) is 0.0645. The van der Waals surface area contributed by atoms with E-state index in [1.165, 1.54) is 0 Å². The highest BCUT2D eigenvalue weighted by atomic mass is 35.5. The number of rotatable bonds is 4. The molecular formula is C14H14ClNO. The van der Waals surface area contributed by atoms with Gasteiger partial charge in [-0.05, 0) is 31.5 Å². The van der Waals surface area contributed by atoms with Gasteiger partial charge in [0, 0.05) is 34.2 Å². The van der Waals surface area contributed by atoms with Gasteiger partial charge >= 0.3 is 0 Å². The molecule has 0 aliphatic rings. The number of fused-ring (bicyclic) bond motifs is 1. The molecule has 2 rings (SSSR count). The number of aryl methyl sites for hydroxylation is 1. The summed E-state index contributed by atoms with van der Waals surface area (Å²) >= 11 is 5.97. The number of benzene rings is 1. The molecule has 1 aromatic heterocycles. The minimum absolute atomic E-state index is 0.0645. The lowest BCUT2D eigenvalue weighted by molar-refractivity contribution is 0.101. The molecule has 17 heavy (non-hydrogen) atoms. The topological polar surface area (TPSA) is 22.0 Å². The Morgan fingerprint density at radius 1 is 1.53 bits per heavy atom. The van der Waals surface area contributed by atoms with Crippen molar-refractivity contribution in [3.8, 4) is 0 Å². The highest BCUT2D eigenvalue weighted by Gasteiger charge is 2.11. The van der Waals surface area contributed by atoms with E-state index in [1.807, 2.05) is 30.5 Å². The van der Waals surface area contributed by atoms with Crippen LogP contribution in [0.25, 0.3) is 10.9 Å². The fraction of sp³-hybridized carbons (Fsp3) is 0.214. The third kappa shape index (κ3) is 2.27. The SMILES string of the molecule is C=CCCn1cc(C(C)=O)c2cc(Cl)ccc21. The van der Waals surface area contributed by atoms with Crippen LogP contribution in [0.2, 0.25) is 5.02 Å². The van der Waals surface area contributed by atoms with Gasteiger partial charge in [-0.25, -0.2) is 0 Å². The Morgan fingerprint density at radius 2 is 2.29 bits per heavy atom. The predicted molar refractivity (Wildman–Crippen MR) is 71.8 cm³/mol. The molecule has 1 aromatic carbocycles. The number of carbonyl (C=O) groups is 1. The van der Waals surface area contributed by atoms with Crippen LogP contribution in [0.1, 0.15) is 23.7 Å². The number of halogens is 1. The highest BCUT2D eigenvalue weighted by Crippen LogP contribution is 2.25. The monoisotopic (exact) mass is 247 g/mol. The first-order chi connectivity index (χ1) is 8.13. The zero-order valence-electron chi connectivity index (χ0n) is 9.74.